The van der Waals surface area contributed by atoms with E-state index in [1.165, 1.54) is 18.2 Å². The molecule has 1 aromatic carbocycles. The predicted octanol–water partition coefficient (Wildman–Crippen LogP) is 2.30. The molecule has 17 heavy (non-hydrogen) atoms. The number of methoxy groups -OCH3 is 1. The predicted molar refractivity (Wildman–Crippen MR) is 62.0 cm³/mol. The Morgan fingerprint density at radius 3 is 2.71 bits per heavy atom. The summed E-state index contributed by atoms with van der Waals surface area (Å²) in [5.74, 6) is -0.465. The van der Waals surface area contributed by atoms with Crippen LogP contribution in [-0.2, 0) is 4.74 Å². The van der Waals surface area contributed by atoms with Gasteiger partial charge >= 0.3 is 0 Å². The molecular formula is C13H17F2NO. The summed E-state index contributed by atoms with van der Waals surface area (Å²) in [7, 11) is 1.65. The summed E-state index contributed by atoms with van der Waals surface area (Å²) < 4.78 is 31.9. The number of nitrogens with one attached hydrogen (secondary N) is 1. The fraction of sp³-hybridized carbons (Fsp3) is 0.538. The molecule has 1 aliphatic rings. The average molecular weight is 241 g/mol. The lowest BCUT2D eigenvalue weighted by molar-refractivity contribution is 0.199. The maximum Gasteiger partial charge on any atom is 0.129 e. The molecule has 4 heteroatoms. The molecule has 0 radical (unpaired) electrons. The summed E-state index contributed by atoms with van der Waals surface area (Å²) in [4.78, 5) is 0. The van der Waals surface area contributed by atoms with Crippen LogP contribution in [0.3, 0.4) is 0 Å². The van der Waals surface area contributed by atoms with Crippen molar-refractivity contribution >= 4 is 0 Å². The Morgan fingerprint density at radius 1 is 1.35 bits per heavy atom. The second-order valence-corrected chi connectivity index (χ2v) is 4.43. The summed E-state index contributed by atoms with van der Waals surface area (Å²) in [5, 5.41) is 3.22. The molecule has 0 amide bonds. The molecule has 2 rings (SSSR count). The Hall–Kier alpha value is -1.00. The van der Waals surface area contributed by atoms with E-state index in [0.717, 1.165) is 19.5 Å². The molecule has 0 spiro atoms. The zero-order valence-corrected chi connectivity index (χ0v) is 9.88. The second kappa shape index (κ2) is 5.56. The molecule has 94 valence electrons. The highest BCUT2D eigenvalue weighted by Crippen LogP contribution is 2.48. The van der Waals surface area contributed by atoms with Crippen LogP contribution in [0.25, 0.3) is 0 Å². The zero-order valence-electron chi connectivity index (χ0n) is 9.88. The van der Waals surface area contributed by atoms with E-state index in [1.807, 2.05) is 0 Å². The quantitative estimate of drug-likeness (QED) is 0.772. The Balaban J connectivity index is 1.85. The molecule has 2 nitrogen and oxygen atoms in total. The summed E-state index contributed by atoms with van der Waals surface area (Å²) >= 11 is 0. The van der Waals surface area contributed by atoms with E-state index in [0.29, 0.717) is 12.5 Å². The van der Waals surface area contributed by atoms with Gasteiger partial charge < -0.3 is 10.1 Å². The minimum absolute atomic E-state index is 0.0336. The van der Waals surface area contributed by atoms with Gasteiger partial charge in [0.1, 0.15) is 11.6 Å². The highest BCUT2D eigenvalue weighted by molar-refractivity contribution is 5.29. The van der Waals surface area contributed by atoms with Gasteiger partial charge in [-0.2, -0.15) is 0 Å². The summed E-state index contributed by atoms with van der Waals surface area (Å²) in [5.41, 5.74) is 0.256. The van der Waals surface area contributed by atoms with Crippen LogP contribution in [0, 0.1) is 17.6 Å². The van der Waals surface area contributed by atoms with E-state index in [2.05, 4.69) is 5.32 Å². The van der Waals surface area contributed by atoms with Crippen molar-refractivity contribution in [1.29, 1.82) is 0 Å². The summed E-state index contributed by atoms with van der Waals surface area (Å²) in [6.45, 7) is 2.23. The Bertz CT molecular complexity index is 363. The Kier molecular flexibility index (Phi) is 4.07. The van der Waals surface area contributed by atoms with Gasteiger partial charge in [-0.15, -0.1) is 0 Å². The Labute approximate surface area is 100.0 Å². The number of rotatable bonds is 6. The van der Waals surface area contributed by atoms with Crippen molar-refractivity contribution in [2.75, 3.05) is 26.8 Å². The van der Waals surface area contributed by atoms with Crippen molar-refractivity contribution in [3.05, 3.63) is 35.4 Å². The normalized spacial score (nSPS) is 22.8. The highest BCUT2D eigenvalue weighted by Gasteiger charge is 2.40. The van der Waals surface area contributed by atoms with Gasteiger partial charge in [0.15, 0.2) is 0 Å². The van der Waals surface area contributed by atoms with Crippen molar-refractivity contribution in [1.82, 2.24) is 5.32 Å². The number of halogens is 2. The molecule has 0 bridgehead atoms. The van der Waals surface area contributed by atoms with Crippen molar-refractivity contribution in [2.45, 2.75) is 12.3 Å². The van der Waals surface area contributed by atoms with Crippen LogP contribution >= 0.6 is 0 Å². The highest BCUT2D eigenvalue weighted by atomic mass is 19.1. The SMILES string of the molecule is COCCNCC1CC1c1c(F)cccc1F. The second-order valence-electron chi connectivity index (χ2n) is 4.43. The smallest absolute Gasteiger partial charge is 0.129 e. The first-order chi connectivity index (χ1) is 8.24. The van der Waals surface area contributed by atoms with Gasteiger partial charge in [-0.3, -0.25) is 0 Å². The van der Waals surface area contributed by atoms with Gasteiger partial charge in [0.2, 0.25) is 0 Å². The van der Waals surface area contributed by atoms with Crippen LogP contribution < -0.4 is 5.32 Å². The van der Waals surface area contributed by atoms with E-state index in [9.17, 15) is 8.78 Å². The molecule has 1 aromatic rings. The topological polar surface area (TPSA) is 21.3 Å². The van der Waals surface area contributed by atoms with Crippen LogP contribution in [0.15, 0.2) is 18.2 Å². The lowest BCUT2D eigenvalue weighted by Crippen LogP contribution is -2.22. The third-order valence-electron chi connectivity index (χ3n) is 3.18. The van der Waals surface area contributed by atoms with Crippen LogP contribution in [0.2, 0.25) is 0 Å². The minimum atomic E-state index is -0.422. The van der Waals surface area contributed by atoms with Crippen molar-refractivity contribution < 1.29 is 13.5 Å². The van der Waals surface area contributed by atoms with Gasteiger partial charge in [0.05, 0.1) is 6.61 Å². The van der Waals surface area contributed by atoms with Crippen molar-refractivity contribution in [2.24, 2.45) is 5.92 Å². The van der Waals surface area contributed by atoms with Gasteiger partial charge in [0, 0.05) is 19.2 Å². The van der Waals surface area contributed by atoms with E-state index < -0.39 is 11.6 Å². The van der Waals surface area contributed by atoms with Crippen molar-refractivity contribution in [3.8, 4) is 0 Å². The maximum absolute atomic E-state index is 13.5. The van der Waals surface area contributed by atoms with Crippen LogP contribution in [0.1, 0.15) is 17.9 Å². The third kappa shape index (κ3) is 3.01. The lowest BCUT2D eigenvalue weighted by atomic mass is 10.1. The van der Waals surface area contributed by atoms with Crippen LogP contribution in [0.5, 0.6) is 0 Å². The van der Waals surface area contributed by atoms with Gasteiger partial charge in [-0.1, -0.05) is 6.07 Å². The number of hydrogen-bond acceptors (Lipinski definition) is 2. The standard InChI is InChI=1S/C13H17F2NO/c1-17-6-5-16-8-9-7-10(9)13-11(14)3-2-4-12(13)15/h2-4,9-10,16H,5-8H2,1H3. The molecule has 1 fully saturated rings. The first-order valence-electron chi connectivity index (χ1n) is 5.87. The molecule has 2 unspecified atom stereocenters. The fourth-order valence-corrected chi connectivity index (χ4v) is 2.15. The average Bonchev–Trinajstić information content (AvgIpc) is 3.04. The number of benzene rings is 1. The number of hydrogen-bond donors (Lipinski definition) is 1. The molecule has 1 aliphatic carbocycles. The van der Waals surface area contributed by atoms with Gasteiger partial charge in [-0.25, -0.2) is 8.78 Å². The molecular weight excluding hydrogens is 224 g/mol. The summed E-state index contributed by atoms with van der Waals surface area (Å²) in [6.07, 6.45) is 0.859. The van der Waals surface area contributed by atoms with Crippen LogP contribution in [0.4, 0.5) is 8.78 Å². The van der Waals surface area contributed by atoms with Gasteiger partial charge in [-0.05, 0) is 36.9 Å². The maximum atomic E-state index is 13.5. The zero-order chi connectivity index (χ0) is 12.3. The molecule has 1 saturated carbocycles. The van der Waals surface area contributed by atoms with E-state index in [-0.39, 0.29) is 11.5 Å². The van der Waals surface area contributed by atoms with E-state index in [1.54, 1.807) is 7.11 Å². The first kappa shape index (κ1) is 12.5. The number of ether oxygens (including phenoxy) is 1. The first-order valence-corrected chi connectivity index (χ1v) is 5.87. The van der Waals surface area contributed by atoms with E-state index in [4.69, 9.17) is 4.74 Å². The molecule has 0 heterocycles. The third-order valence-corrected chi connectivity index (χ3v) is 3.18. The lowest BCUT2D eigenvalue weighted by Gasteiger charge is -2.05. The largest absolute Gasteiger partial charge is 0.383 e. The molecule has 2 atom stereocenters. The molecule has 0 aromatic heterocycles. The molecule has 0 aliphatic heterocycles. The Morgan fingerprint density at radius 2 is 2.06 bits per heavy atom. The van der Waals surface area contributed by atoms with E-state index >= 15 is 0 Å². The minimum Gasteiger partial charge on any atom is -0.383 e. The monoisotopic (exact) mass is 241 g/mol. The fourth-order valence-electron chi connectivity index (χ4n) is 2.15. The molecule has 0 saturated heterocycles. The van der Waals surface area contributed by atoms with Crippen molar-refractivity contribution in [3.63, 3.8) is 0 Å². The summed E-state index contributed by atoms with van der Waals surface area (Å²) in [6, 6.07) is 4.06. The van der Waals surface area contributed by atoms with Gasteiger partial charge in [0.25, 0.3) is 0 Å². The van der Waals surface area contributed by atoms with Crippen LogP contribution in [-0.4, -0.2) is 26.8 Å². The molecule has 1 N–H and O–H groups in total.